The molecule has 0 aromatic heterocycles. The summed E-state index contributed by atoms with van der Waals surface area (Å²) in [6.45, 7) is 4.41. The van der Waals surface area contributed by atoms with Gasteiger partial charge < -0.3 is 19.5 Å². The molecule has 2 aromatic rings. The Hall–Kier alpha value is -3.28. The number of rotatable bonds is 7. The monoisotopic (exact) mass is 409 g/mol. The smallest absolute Gasteiger partial charge is 0.295 e. The third-order valence-corrected chi connectivity index (χ3v) is 5.32. The van der Waals surface area contributed by atoms with Crippen LogP contribution in [0.15, 0.2) is 48.0 Å². The number of nitrogens with zero attached hydrogens (tertiary/aromatic N) is 1. The van der Waals surface area contributed by atoms with Crippen molar-refractivity contribution in [1.82, 2.24) is 4.90 Å². The summed E-state index contributed by atoms with van der Waals surface area (Å²) in [6.07, 6.45) is 1.64. The summed E-state index contributed by atoms with van der Waals surface area (Å²) >= 11 is 0. The van der Waals surface area contributed by atoms with Crippen molar-refractivity contribution in [1.29, 1.82) is 0 Å². The SMILES string of the molecule is CCCCN1C(=O)C(=O)/C(=C(/O)c2c(OC)cccc2OC)C1c1cccc(C)c1. The first kappa shape index (κ1) is 21.4. The van der Waals surface area contributed by atoms with Crippen molar-refractivity contribution in [3.05, 3.63) is 64.7 Å². The fourth-order valence-electron chi connectivity index (χ4n) is 3.85. The number of hydrogen-bond acceptors (Lipinski definition) is 5. The first-order chi connectivity index (χ1) is 14.4. The molecule has 6 heteroatoms. The lowest BCUT2D eigenvalue weighted by atomic mass is 9.93. The van der Waals surface area contributed by atoms with Crippen molar-refractivity contribution in [2.24, 2.45) is 0 Å². The zero-order valence-corrected chi connectivity index (χ0v) is 17.8. The van der Waals surface area contributed by atoms with E-state index in [1.54, 1.807) is 23.1 Å². The van der Waals surface area contributed by atoms with Crippen LogP contribution < -0.4 is 9.47 Å². The van der Waals surface area contributed by atoms with Crippen molar-refractivity contribution >= 4 is 17.4 Å². The van der Waals surface area contributed by atoms with E-state index in [4.69, 9.17) is 9.47 Å². The number of hydrogen-bond donors (Lipinski definition) is 1. The zero-order chi connectivity index (χ0) is 21.8. The molecular weight excluding hydrogens is 382 g/mol. The van der Waals surface area contributed by atoms with Crippen LogP contribution in [0, 0.1) is 6.92 Å². The molecule has 0 aliphatic carbocycles. The molecule has 1 aliphatic heterocycles. The Morgan fingerprint density at radius 3 is 2.27 bits per heavy atom. The summed E-state index contributed by atoms with van der Waals surface area (Å²) < 4.78 is 10.8. The highest BCUT2D eigenvalue weighted by molar-refractivity contribution is 6.46. The van der Waals surface area contributed by atoms with Gasteiger partial charge in [-0.2, -0.15) is 0 Å². The van der Waals surface area contributed by atoms with Crippen molar-refractivity contribution in [3.8, 4) is 11.5 Å². The Kier molecular flexibility index (Phi) is 6.45. The Morgan fingerprint density at radius 2 is 1.70 bits per heavy atom. The molecule has 6 nitrogen and oxygen atoms in total. The molecule has 1 fully saturated rings. The van der Waals surface area contributed by atoms with Gasteiger partial charge in [0.25, 0.3) is 11.7 Å². The van der Waals surface area contributed by atoms with Gasteiger partial charge in [-0.25, -0.2) is 0 Å². The molecule has 0 saturated carbocycles. The number of unbranched alkanes of at least 4 members (excludes halogenated alkanes) is 1. The van der Waals surface area contributed by atoms with Crippen molar-refractivity contribution in [2.45, 2.75) is 32.7 Å². The van der Waals surface area contributed by atoms with Gasteiger partial charge >= 0.3 is 0 Å². The summed E-state index contributed by atoms with van der Waals surface area (Å²) in [7, 11) is 2.95. The van der Waals surface area contributed by atoms with Crippen molar-refractivity contribution in [2.75, 3.05) is 20.8 Å². The molecular formula is C24H27NO5. The number of benzene rings is 2. The number of likely N-dealkylation sites (tertiary alicyclic amines) is 1. The highest BCUT2D eigenvalue weighted by atomic mass is 16.5. The van der Waals surface area contributed by atoms with E-state index >= 15 is 0 Å². The van der Waals surface area contributed by atoms with Crippen LogP contribution in [0.5, 0.6) is 11.5 Å². The second-order valence-corrected chi connectivity index (χ2v) is 7.30. The minimum Gasteiger partial charge on any atom is -0.506 e. The van der Waals surface area contributed by atoms with Crippen LogP contribution in [0.4, 0.5) is 0 Å². The first-order valence-electron chi connectivity index (χ1n) is 10.0. The molecule has 1 aliphatic rings. The molecule has 0 radical (unpaired) electrons. The van der Waals surface area contributed by atoms with E-state index in [-0.39, 0.29) is 16.9 Å². The molecule has 1 atom stereocenters. The third kappa shape index (κ3) is 3.77. The van der Waals surface area contributed by atoms with E-state index in [0.717, 1.165) is 24.0 Å². The average Bonchev–Trinajstić information content (AvgIpc) is 3.01. The van der Waals surface area contributed by atoms with Gasteiger partial charge in [0.1, 0.15) is 22.8 Å². The van der Waals surface area contributed by atoms with Gasteiger partial charge in [0.05, 0.1) is 25.8 Å². The quantitative estimate of drug-likeness (QED) is 0.421. The molecule has 0 spiro atoms. The van der Waals surface area contributed by atoms with E-state index < -0.39 is 17.7 Å². The molecule has 2 aromatic carbocycles. The van der Waals surface area contributed by atoms with Gasteiger partial charge in [-0.3, -0.25) is 9.59 Å². The summed E-state index contributed by atoms with van der Waals surface area (Å²) in [5, 5.41) is 11.3. The minimum atomic E-state index is -0.705. The van der Waals surface area contributed by atoms with Gasteiger partial charge in [-0.05, 0) is 31.0 Å². The molecule has 1 amide bonds. The molecule has 1 heterocycles. The van der Waals surface area contributed by atoms with Gasteiger partial charge in [0.15, 0.2) is 0 Å². The third-order valence-electron chi connectivity index (χ3n) is 5.32. The van der Waals surface area contributed by atoms with E-state index in [2.05, 4.69) is 0 Å². The summed E-state index contributed by atoms with van der Waals surface area (Å²) in [5.74, 6) is -0.897. The topological polar surface area (TPSA) is 76.1 Å². The number of carbonyl (C=O) groups excluding carboxylic acids is 2. The van der Waals surface area contributed by atoms with E-state index in [9.17, 15) is 14.7 Å². The number of carbonyl (C=O) groups is 2. The fourth-order valence-corrected chi connectivity index (χ4v) is 3.85. The number of Topliss-reactive ketones (excluding diaryl/α,β-unsaturated/α-hetero) is 1. The minimum absolute atomic E-state index is 0.0458. The number of aliphatic hydroxyl groups is 1. The average molecular weight is 409 g/mol. The van der Waals surface area contributed by atoms with Crippen LogP contribution in [0.1, 0.15) is 42.5 Å². The maximum absolute atomic E-state index is 13.1. The largest absolute Gasteiger partial charge is 0.506 e. The van der Waals surface area contributed by atoms with Gasteiger partial charge in [-0.1, -0.05) is 49.2 Å². The molecule has 1 unspecified atom stereocenters. The predicted octanol–water partition coefficient (Wildman–Crippen LogP) is 4.23. The lowest BCUT2D eigenvalue weighted by Gasteiger charge is -2.25. The standard InChI is InChI=1S/C24H27NO5/c1-5-6-13-25-21(16-10-7-9-15(2)14-16)20(23(27)24(25)28)22(26)19-17(29-3)11-8-12-18(19)30-4/h7-12,14,21,26H,5-6,13H2,1-4H3/b22-20+. The second kappa shape index (κ2) is 9.03. The predicted molar refractivity (Wildman–Crippen MR) is 115 cm³/mol. The number of methoxy groups -OCH3 is 2. The lowest BCUT2D eigenvalue weighted by Crippen LogP contribution is -2.30. The zero-order valence-electron chi connectivity index (χ0n) is 17.8. The van der Waals surface area contributed by atoms with Crippen molar-refractivity contribution in [3.63, 3.8) is 0 Å². The number of aliphatic hydroxyl groups excluding tert-OH is 1. The molecule has 1 N–H and O–H groups in total. The first-order valence-corrected chi connectivity index (χ1v) is 10.0. The molecule has 30 heavy (non-hydrogen) atoms. The summed E-state index contributed by atoms with van der Waals surface area (Å²) in [5.41, 5.74) is 2.09. The maximum atomic E-state index is 13.1. The van der Waals surface area contributed by atoms with E-state index in [1.807, 2.05) is 38.1 Å². The van der Waals surface area contributed by atoms with Gasteiger partial charge in [0, 0.05) is 6.54 Å². The summed E-state index contributed by atoms with van der Waals surface area (Å²) in [4.78, 5) is 27.5. The maximum Gasteiger partial charge on any atom is 0.295 e. The highest BCUT2D eigenvalue weighted by Gasteiger charge is 2.46. The molecule has 158 valence electrons. The second-order valence-electron chi connectivity index (χ2n) is 7.30. The molecule has 0 bridgehead atoms. The van der Waals surface area contributed by atoms with Crippen LogP contribution in [-0.4, -0.2) is 42.5 Å². The van der Waals surface area contributed by atoms with Crippen molar-refractivity contribution < 1.29 is 24.2 Å². The lowest BCUT2D eigenvalue weighted by molar-refractivity contribution is -0.139. The molecule has 3 rings (SSSR count). The highest BCUT2D eigenvalue weighted by Crippen LogP contribution is 2.43. The number of ether oxygens (including phenoxy) is 2. The van der Waals surface area contributed by atoms with Gasteiger partial charge in [0.2, 0.25) is 0 Å². The van der Waals surface area contributed by atoms with Crippen LogP contribution in [0.25, 0.3) is 5.76 Å². The van der Waals surface area contributed by atoms with E-state index in [1.165, 1.54) is 14.2 Å². The van der Waals surface area contributed by atoms with Gasteiger partial charge in [-0.15, -0.1) is 0 Å². The Bertz CT molecular complexity index is 973. The fraction of sp³-hybridized carbons (Fsp3) is 0.333. The number of amides is 1. The van der Waals surface area contributed by atoms with E-state index in [0.29, 0.717) is 18.0 Å². The van der Waals surface area contributed by atoms with Crippen LogP contribution in [0.3, 0.4) is 0 Å². The van der Waals surface area contributed by atoms with Crippen LogP contribution >= 0.6 is 0 Å². The number of ketones is 1. The van der Waals surface area contributed by atoms with Crippen LogP contribution in [-0.2, 0) is 9.59 Å². The molecule has 1 saturated heterocycles. The van der Waals surface area contributed by atoms with Crippen LogP contribution in [0.2, 0.25) is 0 Å². The Labute approximate surface area is 176 Å². The Morgan fingerprint density at radius 1 is 1.07 bits per heavy atom. The Balaban J connectivity index is 2.27. The number of aryl methyl sites for hydroxylation is 1. The summed E-state index contributed by atoms with van der Waals surface area (Å²) in [6, 6.07) is 12.0. The normalized spacial score (nSPS) is 18.0.